The zero-order chi connectivity index (χ0) is 41.5. The van der Waals surface area contributed by atoms with Gasteiger partial charge in [0.25, 0.3) is 0 Å². The van der Waals surface area contributed by atoms with Gasteiger partial charge in [-0.25, -0.2) is 0 Å². The second-order valence-electron chi connectivity index (χ2n) is 14.2. The van der Waals surface area contributed by atoms with Crippen molar-refractivity contribution in [2.24, 2.45) is 0 Å². The quantitative estimate of drug-likeness (QED) is 0.0647. The maximum atomic E-state index is 11.3. The third-order valence-corrected chi connectivity index (χ3v) is 10.7. The van der Waals surface area contributed by atoms with Gasteiger partial charge in [0.15, 0.2) is 6.29 Å². The van der Waals surface area contributed by atoms with E-state index in [1.54, 1.807) is 0 Å². The molecule has 0 aromatic heterocycles. The lowest BCUT2D eigenvalue weighted by molar-refractivity contribution is -0.407. The first-order valence-electron chi connectivity index (χ1n) is 17.5. The van der Waals surface area contributed by atoms with E-state index in [1.165, 1.54) is 0 Å². The monoisotopic (exact) mass is 828 g/mol. The summed E-state index contributed by atoms with van der Waals surface area (Å²) < 4.78 is 50.1. The molecule has 26 heteroatoms. The molecule has 56 heavy (non-hydrogen) atoms. The Hall–Kier alpha value is -1.04. The minimum atomic E-state index is -2.82. The highest BCUT2D eigenvalue weighted by molar-refractivity contribution is 5.04. The van der Waals surface area contributed by atoms with Crippen molar-refractivity contribution in [2.45, 2.75) is 127 Å². The second-order valence-corrected chi connectivity index (χ2v) is 14.2. The number of aliphatic hydroxyl groups excluding tert-OH is 17. The molecule has 0 bridgehead atoms. The van der Waals surface area contributed by atoms with Crippen LogP contribution in [0.5, 0.6) is 0 Å². The summed E-state index contributed by atoms with van der Waals surface area (Å²) in [5.74, 6) is -10.4. The molecule has 17 N–H and O–H groups in total. The summed E-state index contributed by atoms with van der Waals surface area (Å²) in [4.78, 5) is 0. The topological polar surface area (TPSA) is 427 Å². The molecule has 5 heterocycles. The maximum Gasteiger partial charge on any atom is 0.224 e. The van der Waals surface area contributed by atoms with Crippen LogP contribution in [0, 0.1) is 0 Å². The van der Waals surface area contributed by atoms with Gasteiger partial charge in [0, 0.05) is 0 Å². The Labute approximate surface area is 316 Å². The van der Waals surface area contributed by atoms with Crippen LogP contribution in [-0.2, 0) is 42.6 Å². The zero-order valence-corrected chi connectivity index (χ0v) is 29.5. The fraction of sp³-hybridized carbons (Fsp3) is 1.00. The first kappa shape index (κ1) is 46.0. The minimum absolute atomic E-state index is 0.805. The molecule has 0 aromatic carbocycles. The predicted molar refractivity (Wildman–Crippen MR) is 167 cm³/mol. The van der Waals surface area contributed by atoms with Crippen LogP contribution < -0.4 is 0 Å². The molecule has 328 valence electrons. The number of aliphatic hydroxyl groups is 17. The molecule has 0 amide bonds. The van der Waals surface area contributed by atoms with E-state index < -0.39 is 187 Å². The average Bonchev–Trinajstić information content (AvgIpc) is 3.80. The summed E-state index contributed by atoms with van der Waals surface area (Å²) in [6.07, 6.45) is -32.5. The van der Waals surface area contributed by atoms with E-state index in [0.717, 1.165) is 0 Å². The Morgan fingerprint density at radius 1 is 0.375 bits per heavy atom. The first-order valence-corrected chi connectivity index (χ1v) is 17.5. The maximum absolute atomic E-state index is 11.3. The van der Waals surface area contributed by atoms with E-state index in [1.807, 2.05) is 0 Å². The van der Waals surface area contributed by atoms with E-state index in [2.05, 4.69) is 0 Å². The number of rotatable bonds is 17. The highest BCUT2D eigenvalue weighted by Crippen LogP contribution is 2.42. The molecule has 0 saturated carbocycles. The fourth-order valence-corrected chi connectivity index (χ4v) is 7.16. The van der Waals surface area contributed by atoms with Gasteiger partial charge in [-0.3, -0.25) is 0 Å². The smallest absolute Gasteiger partial charge is 0.224 e. The highest BCUT2D eigenvalue weighted by atomic mass is 16.8. The van der Waals surface area contributed by atoms with E-state index in [0.29, 0.717) is 0 Å². The Morgan fingerprint density at radius 3 is 1.16 bits per heavy atom. The molecule has 0 spiro atoms. The Bertz CT molecular complexity index is 1270. The van der Waals surface area contributed by atoms with Crippen LogP contribution in [0.2, 0.25) is 0 Å². The summed E-state index contributed by atoms with van der Waals surface area (Å²) in [5.41, 5.74) is 0. The third-order valence-electron chi connectivity index (χ3n) is 10.7. The molecule has 0 aliphatic carbocycles. The van der Waals surface area contributed by atoms with Gasteiger partial charge >= 0.3 is 0 Å². The molecular weight excluding hydrogens is 776 g/mol. The molecule has 5 aliphatic rings. The molecule has 5 fully saturated rings. The molecule has 0 radical (unpaired) electrons. The van der Waals surface area contributed by atoms with Gasteiger partial charge < -0.3 is 129 Å². The van der Waals surface area contributed by atoms with Crippen LogP contribution in [0.4, 0.5) is 0 Å². The van der Waals surface area contributed by atoms with Gasteiger partial charge in [-0.2, -0.15) is 0 Å². The summed E-state index contributed by atoms with van der Waals surface area (Å²) in [6.45, 7) is -9.17. The zero-order valence-electron chi connectivity index (χ0n) is 29.5. The number of ether oxygens (including phenoxy) is 9. The fourth-order valence-electron chi connectivity index (χ4n) is 7.16. The van der Waals surface area contributed by atoms with E-state index in [4.69, 9.17) is 42.6 Å². The average molecular weight is 829 g/mol. The Morgan fingerprint density at radius 2 is 0.732 bits per heavy atom. The Balaban J connectivity index is 1.41. The van der Waals surface area contributed by atoms with Gasteiger partial charge in [-0.05, 0) is 0 Å². The first-order chi connectivity index (χ1) is 26.4. The lowest BCUT2D eigenvalue weighted by Crippen LogP contribution is -2.64. The summed E-state index contributed by atoms with van der Waals surface area (Å²) in [7, 11) is 0. The van der Waals surface area contributed by atoms with Crippen LogP contribution in [0.15, 0.2) is 0 Å². The van der Waals surface area contributed by atoms with Crippen LogP contribution in [0.1, 0.15) is 0 Å². The van der Waals surface area contributed by atoms with Crippen molar-refractivity contribution < 1.29 is 129 Å². The van der Waals surface area contributed by atoms with Crippen molar-refractivity contribution in [2.75, 3.05) is 59.5 Å². The molecular formula is C30H52O26. The van der Waals surface area contributed by atoms with Crippen LogP contribution in [-0.4, -0.2) is 273 Å². The minimum Gasteiger partial charge on any atom is -0.394 e. The normalized spacial score (nSPS) is 52.3. The molecule has 0 aromatic rings. The third kappa shape index (κ3) is 7.97. The van der Waals surface area contributed by atoms with E-state index in [-0.39, 0.29) is 0 Å². The highest BCUT2D eigenvalue weighted by Gasteiger charge is 2.64. The van der Waals surface area contributed by atoms with Gasteiger partial charge in [0.1, 0.15) is 124 Å². The van der Waals surface area contributed by atoms with Crippen molar-refractivity contribution in [3.05, 3.63) is 0 Å². The SMILES string of the molecule is OC[C@@H]1O[C@@](CO)(OC[C@H]2O[C@H](O[C@]3(CO[C@]4(CO[C@]5(CO)O[C@H](CO)[C@@H](O)[C@@H]5O)O[C@H](CO)[C@@H](O)[C@@H]4O)O[C@@H](CO)[C@@H](O)[C@@H]3O)[C@H](O)[C@@H](O)[C@@H]2O)[C@@H](O)[C@@H]1O. The van der Waals surface area contributed by atoms with Gasteiger partial charge in [-0.1, -0.05) is 0 Å². The largest absolute Gasteiger partial charge is 0.394 e. The number of hydrogen-bond donors (Lipinski definition) is 17. The van der Waals surface area contributed by atoms with Crippen molar-refractivity contribution in [3.63, 3.8) is 0 Å². The summed E-state index contributed by atoms with van der Waals surface area (Å²) in [6, 6.07) is 0. The number of hydrogen-bond acceptors (Lipinski definition) is 26. The van der Waals surface area contributed by atoms with Crippen LogP contribution >= 0.6 is 0 Å². The van der Waals surface area contributed by atoms with Crippen LogP contribution in [0.3, 0.4) is 0 Å². The van der Waals surface area contributed by atoms with E-state index in [9.17, 15) is 86.8 Å². The van der Waals surface area contributed by atoms with Crippen molar-refractivity contribution in [1.29, 1.82) is 0 Å². The lowest BCUT2D eigenvalue weighted by atomic mass is 9.98. The molecule has 26 nitrogen and oxygen atoms in total. The molecule has 5 aliphatic heterocycles. The molecule has 5 rings (SSSR count). The molecule has 0 unspecified atom stereocenters. The van der Waals surface area contributed by atoms with Gasteiger partial charge in [-0.15, -0.1) is 0 Å². The summed E-state index contributed by atoms with van der Waals surface area (Å²) >= 11 is 0. The summed E-state index contributed by atoms with van der Waals surface area (Å²) in [5, 5.41) is 177. The molecule has 21 atom stereocenters. The standard InChI is InChI=1S/C30H52O26/c31-1-10-16(38)22(44)27(6-35,52-10)48-5-14-15(37)20(42)21(43)26(51-14)56-30(25(47)19(41)13(4-34)55-30)9-50-29(24(46)18(40)12(3-33)54-29)8-49-28(7-36)23(45)17(39)11(2-32)53-28/h10-26,31-47H,1-9H2/t10-,11+,12+,13-,14+,15+,16+,17+,18+,19+,20-,21+,22-,23-,24-,25-,26+,27+,28+,29+,30-/m0/s1. The van der Waals surface area contributed by atoms with Crippen molar-refractivity contribution in [1.82, 2.24) is 0 Å². The van der Waals surface area contributed by atoms with Gasteiger partial charge in [0.05, 0.1) is 33.0 Å². The van der Waals surface area contributed by atoms with Crippen LogP contribution in [0.25, 0.3) is 0 Å². The predicted octanol–water partition coefficient (Wildman–Crippen LogP) is -11.9. The Kier molecular flexibility index (Phi) is 14.7. The van der Waals surface area contributed by atoms with Crippen molar-refractivity contribution in [3.8, 4) is 0 Å². The lowest BCUT2D eigenvalue weighted by Gasteiger charge is -2.45. The second kappa shape index (κ2) is 17.9. The van der Waals surface area contributed by atoms with Gasteiger partial charge in [0.2, 0.25) is 23.1 Å². The van der Waals surface area contributed by atoms with Crippen molar-refractivity contribution >= 4 is 0 Å². The molecule has 5 saturated heterocycles. The van der Waals surface area contributed by atoms with E-state index >= 15 is 0 Å².